The Kier molecular flexibility index (Phi) is 6.30. The van der Waals surface area contributed by atoms with Crippen molar-refractivity contribution in [2.45, 2.75) is 32.9 Å². The number of amides is 2. The smallest absolute Gasteiger partial charge is 0.419 e. The maximum atomic E-state index is 12.7. The lowest BCUT2D eigenvalue weighted by atomic mass is 9.92. The van der Waals surface area contributed by atoms with E-state index in [1.807, 2.05) is 0 Å². The predicted octanol–water partition coefficient (Wildman–Crippen LogP) is 3.05. The molecule has 2 heterocycles. The Balaban J connectivity index is 2.10. The molecule has 1 aliphatic rings. The van der Waals surface area contributed by atoms with E-state index >= 15 is 0 Å². The fourth-order valence-corrected chi connectivity index (χ4v) is 2.94. The Labute approximate surface area is 157 Å². The number of rotatable bonds is 6. The van der Waals surface area contributed by atoms with Crippen molar-refractivity contribution in [1.29, 1.82) is 0 Å². The van der Waals surface area contributed by atoms with Gasteiger partial charge in [0.25, 0.3) is 11.8 Å². The molecule has 11 heteroatoms. The van der Waals surface area contributed by atoms with Crippen LogP contribution in [0.2, 0.25) is 5.15 Å². The van der Waals surface area contributed by atoms with E-state index in [1.165, 1.54) is 6.92 Å². The Morgan fingerprint density at radius 3 is 2.56 bits per heavy atom. The summed E-state index contributed by atoms with van der Waals surface area (Å²) >= 11 is 5.53. The van der Waals surface area contributed by atoms with Crippen LogP contribution in [-0.4, -0.2) is 34.4 Å². The zero-order valence-electron chi connectivity index (χ0n) is 14.5. The molecule has 2 atom stereocenters. The lowest BCUT2D eigenvalue weighted by Crippen LogP contribution is -2.37. The number of nitrogens with one attached hydrogen (secondary N) is 1. The second kappa shape index (κ2) is 8.12. The normalized spacial score (nSPS) is 20.1. The van der Waals surface area contributed by atoms with Crippen molar-refractivity contribution < 1.29 is 32.3 Å². The Morgan fingerprint density at radius 2 is 2.00 bits per heavy atom. The van der Waals surface area contributed by atoms with Crippen LogP contribution in [0.5, 0.6) is 0 Å². The highest BCUT2D eigenvalue weighted by Crippen LogP contribution is 2.35. The number of ether oxygens (including phenoxy) is 1. The zero-order chi connectivity index (χ0) is 20.4. The van der Waals surface area contributed by atoms with E-state index in [0.29, 0.717) is 11.1 Å². The van der Waals surface area contributed by atoms with Crippen LogP contribution in [0.1, 0.15) is 32.3 Å². The van der Waals surface area contributed by atoms with Crippen molar-refractivity contribution in [1.82, 2.24) is 9.99 Å². The van der Waals surface area contributed by atoms with Gasteiger partial charge in [0, 0.05) is 12.3 Å². The van der Waals surface area contributed by atoms with Gasteiger partial charge >= 0.3 is 12.1 Å². The molecule has 1 aromatic rings. The van der Waals surface area contributed by atoms with Crippen LogP contribution in [0.3, 0.4) is 0 Å². The highest BCUT2D eigenvalue weighted by Gasteiger charge is 2.45. The average Bonchev–Trinajstić information content (AvgIpc) is 2.76. The Hall–Kier alpha value is -2.36. The van der Waals surface area contributed by atoms with Crippen LogP contribution < -0.4 is 5.43 Å². The van der Waals surface area contributed by atoms with Crippen molar-refractivity contribution in [3.05, 3.63) is 22.8 Å². The van der Waals surface area contributed by atoms with Crippen molar-refractivity contribution in [3.63, 3.8) is 0 Å². The van der Waals surface area contributed by atoms with Crippen LogP contribution in [0.25, 0.3) is 0 Å². The molecule has 1 saturated heterocycles. The van der Waals surface area contributed by atoms with E-state index in [1.54, 1.807) is 6.92 Å². The third kappa shape index (κ3) is 4.68. The molecule has 0 spiro atoms. The fraction of sp³-hybridized carbons (Fsp3) is 0.500. The first-order valence-electron chi connectivity index (χ1n) is 8.10. The molecular weight excluding hydrogens is 391 g/mol. The average molecular weight is 408 g/mol. The number of esters is 1. The van der Waals surface area contributed by atoms with E-state index in [-0.39, 0.29) is 25.3 Å². The topological polar surface area (TPSA) is 88.6 Å². The summed E-state index contributed by atoms with van der Waals surface area (Å²) in [6, 6.07) is 1.66. The molecule has 2 unspecified atom stereocenters. The molecule has 0 saturated carbocycles. The van der Waals surface area contributed by atoms with Gasteiger partial charge in [0.05, 0.1) is 18.1 Å². The number of carbonyl (C=O) groups excluding carboxylic acids is 3. The van der Waals surface area contributed by atoms with Crippen LogP contribution in [-0.2, 0) is 25.3 Å². The van der Waals surface area contributed by atoms with E-state index in [9.17, 15) is 27.6 Å². The number of aromatic nitrogens is 1. The van der Waals surface area contributed by atoms with E-state index < -0.39 is 46.5 Å². The summed E-state index contributed by atoms with van der Waals surface area (Å²) in [5, 5.41) is -0.120. The second-order valence-electron chi connectivity index (χ2n) is 5.90. The highest BCUT2D eigenvalue weighted by atomic mass is 35.5. The third-order valence-electron chi connectivity index (χ3n) is 4.10. The molecular formula is C16H17ClF3N3O4. The van der Waals surface area contributed by atoms with Crippen molar-refractivity contribution in [2.75, 3.05) is 12.0 Å². The number of nitrogens with zero attached hydrogens (tertiary/aromatic N) is 2. The van der Waals surface area contributed by atoms with E-state index in [0.717, 1.165) is 6.07 Å². The molecule has 0 aromatic carbocycles. The van der Waals surface area contributed by atoms with Gasteiger partial charge in [0.1, 0.15) is 11.0 Å². The van der Waals surface area contributed by atoms with E-state index in [4.69, 9.17) is 16.3 Å². The molecule has 0 bridgehead atoms. The number of pyridine rings is 1. The summed E-state index contributed by atoms with van der Waals surface area (Å²) < 4.78 is 42.9. The zero-order valence-corrected chi connectivity index (χ0v) is 15.2. The van der Waals surface area contributed by atoms with Gasteiger partial charge in [-0.3, -0.25) is 19.8 Å². The molecule has 0 radical (unpaired) electrons. The van der Waals surface area contributed by atoms with Crippen LogP contribution in [0.15, 0.2) is 12.1 Å². The molecule has 1 N–H and O–H groups in total. The van der Waals surface area contributed by atoms with Gasteiger partial charge in [-0.1, -0.05) is 18.5 Å². The van der Waals surface area contributed by atoms with Gasteiger partial charge in [0.2, 0.25) is 0 Å². The largest absolute Gasteiger partial charge is 0.466 e. The van der Waals surface area contributed by atoms with Crippen molar-refractivity contribution in [2.24, 2.45) is 11.8 Å². The maximum absolute atomic E-state index is 12.7. The molecule has 1 aromatic heterocycles. The predicted molar refractivity (Wildman–Crippen MR) is 88.2 cm³/mol. The second-order valence-corrected chi connectivity index (χ2v) is 6.25. The standard InChI is InChI=1S/C16H17ClF3N3O4/c1-3-27-12(24)7-4-9-8(2)14(25)23(15(9)26)22-11-6-5-10(13(17)21-11)16(18,19)20/h5-6,8-9H,3-4,7H2,1-2H3,(H,21,22). The van der Waals surface area contributed by atoms with Crippen molar-refractivity contribution >= 4 is 35.2 Å². The number of imide groups is 1. The van der Waals surface area contributed by atoms with Gasteiger partial charge in [0.15, 0.2) is 0 Å². The lowest BCUT2D eigenvalue weighted by Gasteiger charge is -2.17. The van der Waals surface area contributed by atoms with Gasteiger partial charge in [-0.2, -0.15) is 18.2 Å². The first-order valence-corrected chi connectivity index (χ1v) is 8.47. The number of halogens is 4. The number of hydrogen-bond acceptors (Lipinski definition) is 6. The van der Waals surface area contributed by atoms with Gasteiger partial charge in [-0.05, 0) is 25.5 Å². The molecule has 148 valence electrons. The Bertz CT molecular complexity index is 757. The highest BCUT2D eigenvalue weighted by molar-refractivity contribution is 6.30. The molecule has 0 aliphatic carbocycles. The first-order chi connectivity index (χ1) is 12.6. The van der Waals surface area contributed by atoms with E-state index in [2.05, 4.69) is 10.4 Å². The molecule has 2 rings (SSSR count). The SMILES string of the molecule is CCOC(=O)CCC1C(=O)N(Nc2ccc(C(F)(F)F)c(Cl)n2)C(=O)C1C. The summed E-state index contributed by atoms with van der Waals surface area (Å²) in [4.78, 5) is 39.7. The minimum Gasteiger partial charge on any atom is -0.466 e. The molecule has 7 nitrogen and oxygen atoms in total. The summed E-state index contributed by atoms with van der Waals surface area (Å²) in [5.41, 5.74) is 1.26. The minimum atomic E-state index is -4.67. The van der Waals surface area contributed by atoms with Gasteiger partial charge in [-0.25, -0.2) is 4.98 Å². The quantitative estimate of drug-likeness (QED) is 0.443. The Morgan fingerprint density at radius 1 is 1.33 bits per heavy atom. The number of anilines is 1. The van der Waals surface area contributed by atoms with Crippen molar-refractivity contribution in [3.8, 4) is 0 Å². The van der Waals surface area contributed by atoms with Crippen LogP contribution in [0, 0.1) is 11.8 Å². The summed E-state index contributed by atoms with van der Waals surface area (Å²) in [5.74, 6) is -3.30. The monoisotopic (exact) mass is 407 g/mol. The third-order valence-corrected chi connectivity index (χ3v) is 4.38. The molecule has 2 amide bonds. The lowest BCUT2D eigenvalue weighted by molar-refractivity contribution is -0.143. The first kappa shape index (κ1) is 20.9. The molecule has 1 aliphatic heterocycles. The molecule has 27 heavy (non-hydrogen) atoms. The minimum absolute atomic E-state index is 0.0277. The number of hydrazine groups is 1. The van der Waals surface area contributed by atoms with Crippen LogP contribution in [0.4, 0.5) is 19.0 Å². The number of hydrogen-bond donors (Lipinski definition) is 1. The van der Waals surface area contributed by atoms with Gasteiger partial charge < -0.3 is 4.74 Å². The number of alkyl halides is 3. The molecule has 1 fully saturated rings. The maximum Gasteiger partial charge on any atom is 0.419 e. The summed E-state index contributed by atoms with van der Waals surface area (Å²) in [7, 11) is 0. The summed E-state index contributed by atoms with van der Waals surface area (Å²) in [6.45, 7) is 3.39. The van der Waals surface area contributed by atoms with Crippen LogP contribution >= 0.6 is 11.6 Å². The number of carbonyl (C=O) groups is 3. The fourth-order valence-electron chi connectivity index (χ4n) is 2.68. The van der Waals surface area contributed by atoms with Gasteiger partial charge in [-0.15, -0.1) is 0 Å². The summed E-state index contributed by atoms with van der Waals surface area (Å²) in [6.07, 6.45) is -4.58.